The van der Waals surface area contributed by atoms with E-state index >= 15 is 0 Å². The maximum absolute atomic E-state index is 10.7. The van der Waals surface area contributed by atoms with Gasteiger partial charge in [0.15, 0.2) is 6.04 Å². The number of hydrogen-bond acceptors (Lipinski definition) is 4. The number of aliphatic hydroxyl groups excluding tert-OH is 1. The zero-order valence-corrected chi connectivity index (χ0v) is 9.98. The summed E-state index contributed by atoms with van der Waals surface area (Å²) in [7, 11) is 0. The van der Waals surface area contributed by atoms with Crippen LogP contribution in [0.2, 0.25) is 0 Å². The van der Waals surface area contributed by atoms with Crippen LogP contribution >= 0.6 is 0 Å². The van der Waals surface area contributed by atoms with Crippen LogP contribution in [0.5, 0.6) is 5.75 Å². The van der Waals surface area contributed by atoms with Crippen LogP contribution < -0.4 is 0 Å². The van der Waals surface area contributed by atoms with Gasteiger partial charge >= 0.3 is 5.97 Å². The quantitative estimate of drug-likeness (QED) is 0.560. The van der Waals surface area contributed by atoms with E-state index in [0.29, 0.717) is 5.56 Å². The number of para-hydroxylation sites is 1. The summed E-state index contributed by atoms with van der Waals surface area (Å²) in [6, 6.07) is 5.19. The van der Waals surface area contributed by atoms with Gasteiger partial charge in [-0.1, -0.05) is 12.1 Å². The van der Waals surface area contributed by atoms with Crippen molar-refractivity contribution in [1.29, 1.82) is 0 Å². The molecule has 5 nitrogen and oxygen atoms in total. The third kappa shape index (κ3) is 4.56. The van der Waals surface area contributed by atoms with Crippen molar-refractivity contribution in [2.45, 2.75) is 19.1 Å². The molecular weight excluding hydrogens is 274 g/mol. The number of phenols is 1. The monoisotopic (exact) mass is 286 g/mol. The largest absolute Gasteiger partial charge is 0.507 e. The summed E-state index contributed by atoms with van der Waals surface area (Å²) in [5.41, 5.74) is 0.411. The molecule has 2 atom stereocenters. The first-order valence-electron chi connectivity index (χ1n) is 4.74. The van der Waals surface area contributed by atoms with E-state index in [-0.39, 0.29) is 22.8 Å². The number of benzene rings is 1. The number of carbonyl (C=O) groups is 1. The Morgan fingerprint density at radius 3 is 2.47 bits per heavy atom. The molecular formula is C11H13CuNO4. The summed E-state index contributed by atoms with van der Waals surface area (Å²) in [6.45, 7) is 1.35. The molecule has 0 saturated carbocycles. The Balaban J connectivity index is 0.00000256. The van der Waals surface area contributed by atoms with Crippen LogP contribution in [0.15, 0.2) is 29.3 Å². The van der Waals surface area contributed by atoms with Gasteiger partial charge in [0.1, 0.15) is 5.75 Å². The predicted octanol–water partition coefficient (Wildman–Crippen LogP) is 0.643. The molecule has 17 heavy (non-hydrogen) atoms. The fraction of sp³-hybridized carbons (Fsp3) is 0.273. The van der Waals surface area contributed by atoms with Crippen molar-refractivity contribution in [3.63, 3.8) is 0 Å². The van der Waals surface area contributed by atoms with E-state index in [9.17, 15) is 15.0 Å². The van der Waals surface area contributed by atoms with E-state index < -0.39 is 18.1 Å². The summed E-state index contributed by atoms with van der Waals surface area (Å²) < 4.78 is 0. The first-order chi connectivity index (χ1) is 7.52. The van der Waals surface area contributed by atoms with Gasteiger partial charge in [-0.15, -0.1) is 0 Å². The van der Waals surface area contributed by atoms with Gasteiger partial charge in [-0.2, -0.15) is 0 Å². The van der Waals surface area contributed by atoms with Gasteiger partial charge < -0.3 is 15.3 Å². The Kier molecular flexibility index (Phi) is 6.50. The first kappa shape index (κ1) is 15.6. The van der Waals surface area contributed by atoms with Crippen molar-refractivity contribution in [2.75, 3.05) is 0 Å². The minimum absolute atomic E-state index is 0. The first-order valence-corrected chi connectivity index (χ1v) is 4.74. The van der Waals surface area contributed by atoms with Crippen LogP contribution in [0, 0.1) is 0 Å². The normalized spacial score (nSPS) is 14.0. The van der Waals surface area contributed by atoms with E-state index in [4.69, 9.17) is 5.11 Å². The van der Waals surface area contributed by atoms with Crippen LogP contribution in [0.25, 0.3) is 0 Å². The van der Waals surface area contributed by atoms with Crippen LogP contribution in [-0.4, -0.2) is 39.6 Å². The predicted molar refractivity (Wildman–Crippen MR) is 58.8 cm³/mol. The molecule has 0 amide bonds. The second-order valence-electron chi connectivity index (χ2n) is 3.36. The van der Waals surface area contributed by atoms with Gasteiger partial charge in [-0.3, -0.25) is 4.99 Å². The molecule has 0 saturated heterocycles. The summed E-state index contributed by atoms with van der Waals surface area (Å²) in [5.74, 6) is -1.19. The molecule has 1 radical (unpaired) electrons. The summed E-state index contributed by atoms with van der Waals surface area (Å²) in [4.78, 5) is 14.4. The van der Waals surface area contributed by atoms with Crippen molar-refractivity contribution >= 4 is 12.2 Å². The van der Waals surface area contributed by atoms with Crippen molar-refractivity contribution in [3.8, 4) is 5.75 Å². The fourth-order valence-electron chi connectivity index (χ4n) is 1.15. The van der Waals surface area contributed by atoms with Crippen molar-refractivity contribution in [2.24, 2.45) is 4.99 Å². The van der Waals surface area contributed by atoms with Crippen molar-refractivity contribution in [3.05, 3.63) is 29.8 Å². The van der Waals surface area contributed by atoms with E-state index in [1.54, 1.807) is 18.2 Å². The molecule has 0 fully saturated rings. The summed E-state index contributed by atoms with van der Waals surface area (Å²) in [5, 5.41) is 27.3. The molecule has 0 aromatic heterocycles. The van der Waals surface area contributed by atoms with Gasteiger partial charge in [0.25, 0.3) is 0 Å². The second-order valence-corrected chi connectivity index (χ2v) is 3.36. The maximum atomic E-state index is 10.7. The molecule has 1 aromatic carbocycles. The van der Waals surface area contributed by atoms with Crippen LogP contribution in [0.3, 0.4) is 0 Å². The summed E-state index contributed by atoms with van der Waals surface area (Å²) >= 11 is 0. The number of nitrogens with zero attached hydrogens (tertiary/aromatic N) is 1. The second kappa shape index (κ2) is 7.06. The zero-order valence-electron chi connectivity index (χ0n) is 9.04. The molecule has 0 heterocycles. The standard InChI is InChI=1S/C11H13NO4.Cu/c1-7(13)10(11(15)16)12-6-8-4-2-3-5-9(8)14;/h2-7,10,13-14H,1H3,(H,15,16);/t7-,10+;/m1./s1. The van der Waals surface area contributed by atoms with E-state index in [1.807, 2.05) is 0 Å². The minimum Gasteiger partial charge on any atom is -0.507 e. The minimum atomic E-state index is -1.22. The maximum Gasteiger partial charge on any atom is 0.331 e. The third-order valence-electron chi connectivity index (χ3n) is 2.02. The topological polar surface area (TPSA) is 90.1 Å². The molecule has 1 aromatic rings. The Labute approximate surface area is 109 Å². The number of rotatable bonds is 4. The van der Waals surface area contributed by atoms with E-state index in [1.165, 1.54) is 19.2 Å². The SMILES string of the molecule is C[C@@H](O)[C@H](N=Cc1ccccc1O)C(=O)O.[Cu]. The van der Waals surface area contributed by atoms with E-state index in [0.717, 1.165) is 0 Å². The number of aromatic hydroxyl groups is 1. The smallest absolute Gasteiger partial charge is 0.331 e. The number of phenolic OH excluding ortho intramolecular Hbond substituents is 1. The number of aliphatic carboxylic acids is 1. The van der Waals surface area contributed by atoms with Crippen LogP contribution in [0.1, 0.15) is 12.5 Å². The number of carboxylic acids is 1. The average molecular weight is 287 g/mol. The molecule has 0 bridgehead atoms. The Bertz CT molecular complexity index is 406. The van der Waals surface area contributed by atoms with Gasteiger partial charge in [-0.05, 0) is 19.1 Å². The number of aliphatic imine (C=N–C) groups is 1. The van der Waals surface area contributed by atoms with E-state index in [2.05, 4.69) is 4.99 Å². The fourth-order valence-corrected chi connectivity index (χ4v) is 1.15. The summed E-state index contributed by atoms with van der Waals surface area (Å²) in [6.07, 6.45) is 0.153. The molecule has 1 rings (SSSR count). The molecule has 0 spiro atoms. The van der Waals surface area contributed by atoms with Crippen LogP contribution in [-0.2, 0) is 21.9 Å². The molecule has 0 unspecified atom stereocenters. The third-order valence-corrected chi connectivity index (χ3v) is 2.02. The molecule has 0 aliphatic heterocycles. The Hall–Kier alpha value is -1.36. The van der Waals surface area contributed by atoms with Gasteiger partial charge in [-0.25, -0.2) is 4.79 Å². The zero-order chi connectivity index (χ0) is 12.1. The number of hydrogen-bond donors (Lipinski definition) is 3. The molecule has 0 aliphatic rings. The van der Waals surface area contributed by atoms with Gasteiger partial charge in [0.2, 0.25) is 0 Å². The van der Waals surface area contributed by atoms with Crippen LogP contribution in [0.4, 0.5) is 0 Å². The average Bonchev–Trinajstić information content (AvgIpc) is 2.20. The number of carboxylic acid groups (broad SMARTS) is 1. The van der Waals surface area contributed by atoms with Gasteiger partial charge in [0, 0.05) is 28.8 Å². The Morgan fingerprint density at radius 1 is 1.41 bits per heavy atom. The number of aliphatic hydroxyl groups is 1. The Morgan fingerprint density at radius 2 is 2.00 bits per heavy atom. The molecule has 97 valence electrons. The molecule has 6 heteroatoms. The van der Waals surface area contributed by atoms with Gasteiger partial charge in [0.05, 0.1) is 6.10 Å². The molecule has 0 aliphatic carbocycles. The van der Waals surface area contributed by atoms with Crippen molar-refractivity contribution in [1.82, 2.24) is 0 Å². The van der Waals surface area contributed by atoms with Crippen molar-refractivity contribution < 1.29 is 37.2 Å². The molecule has 3 N–H and O–H groups in total.